The summed E-state index contributed by atoms with van der Waals surface area (Å²) in [7, 11) is 0. The lowest BCUT2D eigenvalue weighted by Crippen LogP contribution is -2.34. The molecule has 1 aliphatic rings. The van der Waals surface area contributed by atoms with E-state index in [0.29, 0.717) is 5.56 Å². The van der Waals surface area contributed by atoms with Crippen LogP contribution in [0.15, 0.2) is 24.3 Å². The predicted octanol–water partition coefficient (Wildman–Crippen LogP) is 2.01. The van der Waals surface area contributed by atoms with Gasteiger partial charge in [-0.05, 0) is 12.8 Å². The molecule has 1 aromatic rings. The third kappa shape index (κ3) is 2.61. The molecule has 0 aliphatic heterocycles. The third-order valence-corrected chi connectivity index (χ3v) is 3.12. The van der Waals surface area contributed by atoms with Gasteiger partial charge in [0.05, 0.1) is 4.92 Å². The van der Waals surface area contributed by atoms with Gasteiger partial charge in [0.2, 0.25) is 5.91 Å². The lowest BCUT2D eigenvalue weighted by Gasteiger charge is -2.23. The van der Waals surface area contributed by atoms with E-state index in [1.54, 1.807) is 18.2 Å². The van der Waals surface area contributed by atoms with Gasteiger partial charge in [-0.15, -0.1) is 0 Å². The molecule has 0 saturated heterocycles. The summed E-state index contributed by atoms with van der Waals surface area (Å²) in [5, 5.41) is 13.5. The van der Waals surface area contributed by atoms with E-state index in [1.165, 1.54) is 6.07 Å². The molecule has 0 aromatic heterocycles. The van der Waals surface area contributed by atoms with Crippen LogP contribution >= 0.6 is 0 Å². The van der Waals surface area contributed by atoms with Crippen LogP contribution in [0.2, 0.25) is 0 Å². The molecule has 90 valence electrons. The topological polar surface area (TPSA) is 72.2 Å². The fourth-order valence-electron chi connectivity index (χ4n) is 1.84. The molecule has 0 unspecified atom stereocenters. The van der Waals surface area contributed by atoms with Crippen molar-refractivity contribution in [1.82, 2.24) is 5.32 Å². The summed E-state index contributed by atoms with van der Waals surface area (Å²) in [6, 6.07) is 6.47. The lowest BCUT2D eigenvalue weighted by atomic mass is 9.85. The Morgan fingerprint density at radius 1 is 1.41 bits per heavy atom. The number of nitrogens with one attached hydrogen (secondary N) is 1. The van der Waals surface area contributed by atoms with Crippen LogP contribution in [-0.2, 0) is 11.3 Å². The summed E-state index contributed by atoms with van der Waals surface area (Å²) in [5.41, 5.74) is 0.603. The standard InChI is InChI=1S/C12H14N2O3/c15-12(9-5-3-6-9)13-8-10-4-1-2-7-11(10)14(16)17/h1-2,4,7,9H,3,5-6,8H2,(H,13,15). The largest absolute Gasteiger partial charge is 0.352 e. The van der Waals surface area contributed by atoms with Gasteiger partial charge in [-0.3, -0.25) is 14.9 Å². The van der Waals surface area contributed by atoms with Crippen molar-refractivity contribution >= 4 is 11.6 Å². The number of para-hydroxylation sites is 1. The van der Waals surface area contributed by atoms with Crippen molar-refractivity contribution < 1.29 is 9.72 Å². The summed E-state index contributed by atoms with van der Waals surface area (Å²) in [6.45, 7) is 0.229. The number of carbonyl (C=O) groups is 1. The van der Waals surface area contributed by atoms with Gasteiger partial charge in [0.1, 0.15) is 0 Å². The highest BCUT2D eigenvalue weighted by molar-refractivity contribution is 5.79. The molecule has 0 bridgehead atoms. The van der Waals surface area contributed by atoms with E-state index in [0.717, 1.165) is 19.3 Å². The molecular weight excluding hydrogens is 220 g/mol. The van der Waals surface area contributed by atoms with Crippen molar-refractivity contribution in [1.29, 1.82) is 0 Å². The van der Waals surface area contributed by atoms with Crippen LogP contribution in [0.1, 0.15) is 24.8 Å². The predicted molar refractivity (Wildman–Crippen MR) is 62.3 cm³/mol. The first-order valence-corrected chi connectivity index (χ1v) is 5.68. The molecule has 2 rings (SSSR count). The van der Waals surface area contributed by atoms with E-state index in [9.17, 15) is 14.9 Å². The van der Waals surface area contributed by atoms with Crippen LogP contribution in [0.5, 0.6) is 0 Å². The molecule has 1 N–H and O–H groups in total. The molecular formula is C12H14N2O3. The number of hydrogen-bond acceptors (Lipinski definition) is 3. The maximum absolute atomic E-state index is 11.6. The molecule has 5 heteroatoms. The highest BCUT2D eigenvalue weighted by Crippen LogP contribution is 2.26. The SMILES string of the molecule is O=C(NCc1ccccc1[N+](=O)[O-])C1CCC1. The zero-order valence-electron chi connectivity index (χ0n) is 9.39. The smallest absolute Gasteiger partial charge is 0.274 e. The van der Waals surface area contributed by atoms with Crippen LogP contribution in [-0.4, -0.2) is 10.8 Å². The molecule has 0 radical (unpaired) electrons. The number of amides is 1. The van der Waals surface area contributed by atoms with Crippen LogP contribution in [0.3, 0.4) is 0 Å². The average molecular weight is 234 g/mol. The molecule has 1 amide bonds. The van der Waals surface area contributed by atoms with Crippen molar-refractivity contribution in [2.75, 3.05) is 0 Å². The normalized spacial score (nSPS) is 15.1. The molecule has 1 aliphatic carbocycles. The Labute approximate surface area is 99.0 Å². The van der Waals surface area contributed by atoms with Gasteiger partial charge >= 0.3 is 0 Å². The van der Waals surface area contributed by atoms with Gasteiger partial charge in [-0.1, -0.05) is 24.6 Å². The third-order valence-electron chi connectivity index (χ3n) is 3.12. The Hall–Kier alpha value is -1.91. The molecule has 1 saturated carbocycles. The lowest BCUT2D eigenvalue weighted by molar-refractivity contribution is -0.385. The summed E-state index contributed by atoms with van der Waals surface area (Å²) in [5.74, 6) is 0.118. The van der Waals surface area contributed by atoms with Gasteiger partial charge in [-0.2, -0.15) is 0 Å². The van der Waals surface area contributed by atoms with Crippen LogP contribution in [0.4, 0.5) is 5.69 Å². The Morgan fingerprint density at radius 2 is 2.12 bits per heavy atom. The second-order valence-electron chi connectivity index (χ2n) is 4.23. The minimum Gasteiger partial charge on any atom is -0.352 e. The van der Waals surface area contributed by atoms with Gasteiger partial charge in [0, 0.05) is 24.1 Å². The maximum atomic E-state index is 11.6. The van der Waals surface area contributed by atoms with Crippen molar-refractivity contribution in [2.24, 2.45) is 5.92 Å². The second-order valence-corrected chi connectivity index (χ2v) is 4.23. The van der Waals surface area contributed by atoms with Crippen molar-refractivity contribution in [3.8, 4) is 0 Å². The Balaban J connectivity index is 1.98. The number of benzene rings is 1. The van der Waals surface area contributed by atoms with E-state index in [1.807, 2.05) is 0 Å². The maximum Gasteiger partial charge on any atom is 0.274 e. The summed E-state index contributed by atoms with van der Waals surface area (Å²) >= 11 is 0. The minimum absolute atomic E-state index is 0.00870. The number of carbonyl (C=O) groups excluding carboxylic acids is 1. The average Bonchev–Trinajstić information content (AvgIpc) is 2.24. The number of nitro benzene ring substituents is 1. The first-order valence-electron chi connectivity index (χ1n) is 5.68. The van der Waals surface area contributed by atoms with Crippen LogP contribution < -0.4 is 5.32 Å². The molecule has 0 atom stereocenters. The van der Waals surface area contributed by atoms with E-state index in [-0.39, 0.29) is 24.1 Å². The Morgan fingerprint density at radius 3 is 2.71 bits per heavy atom. The summed E-state index contributed by atoms with van der Waals surface area (Å²) in [4.78, 5) is 21.9. The highest BCUT2D eigenvalue weighted by atomic mass is 16.6. The number of hydrogen-bond donors (Lipinski definition) is 1. The molecule has 1 fully saturated rings. The second kappa shape index (κ2) is 4.95. The fourth-order valence-corrected chi connectivity index (χ4v) is 1.84. The number of nitrogens with zero attached hydrogens (tertiary/aromatic N) is 1. The zero-order chi connectivity index (χ0) is 12.3. The van der Waals surface area contributed by atoms with E-state index >= 15 is 0 Å². The van der Waals surface area contributed by atoms with E-state index in [2.05, 4.69) is 5.32 Å². The first kappa shape index (κ1) is 11.6. The van der Waals surface area contributed by atoms with Crippen molar-refractivity contribution in [3.63, 3.8) is 0 Å². The molecule has 17 heavy (non-hydrogen) atoms. The highest BCUT2D eigenvalue weighted by Gasteiger charge is 2.25. The molecule has 5 nitrogen and oxygen atoms in total. The molecule has 0 spiro atoms. The fraction of sp³-hybridized carbons (Fsp3) is 0.417. The van der Waals surface area contributed by atoms with Crippen LogP contribution in [0, 0.1) is 16.0 Å². The first-order chi connectivity index (χ1) is 8.18. The minimum atomic E-state index is -0.426. The van der Waals surface area contributed by atoms with Gasteiger partial charge in [-0.25, -0.2) is 0 Å². The monoisotopic (exact) mass is 234 g/mol. The zero-order valence-corrected chi connectivity index (χ0v) is 9.39. The van der Waals surface area contributed by atoms with Gasteiger partial charge in [0.25, 0.3) is 5.69 Å². The van der Waals surface area contributed by atoms with Crippen molar-refractivity contribution in [2.45, 2.75) is 25.8 Å². The Kier molecular flexibility index (Phi) is 3.37. The molecule has 1 aromatic carbocycles. The molecule has 0 heterocycles. The number of nitro groups is 1. The van der Waals surface area contributed by atoms with Crippen LogP contribution in [0.25, 0.3) is 0 Å². The number of rotatable bonds is 4. The van der Waals surface area contributed by atoms with E-state index in [4.69, 9.17) is 0 Å². The van der Waals surface area contributed by atoms with Gasteiger partial charge in [0.15, 0.2) is 0 Å². The quantitative estimate of drug-likeness (QED) is 0.639. The summed E-state index contributed by atoms with van der Waals surface area (Å²) < 4.78 is 0. The Bertz CT molecular complexity index is 441. The van der Waals surface area contributed by atoms with Crippen molar-refractivity contribution in [3.05, 3.63) is 39.9 Å². The van der Waals surface area contributed by atoms with E-state index < -0.39 is 4.92 Å². The van der Waals surface area contributed by atoms with Gasteiger partial charge < -0.3 is 5.32 Å². The summed E-state index contributed by atoms with van der Waals surface area (Å²) in [6.07, 6.45) is 2.97.